The Balaban J connectivity index is 1.23. The topological polar surface area (TPSA) is 59.8 Å². The van der Waals surface area contributed by atoms with Crippen LogP contribution in [0.5, 0.6) is 0 Å². The molecule has 0 atom stereocenters. The summed E-state index contributed by atoms with van der Waals surface area (Å²) in [6, 6.07) is 28.7. The predicted octanol–water partition coefficient (Wildman–Crippen LogP) is 6.44. The van der Waals surface area contributed by atoms with Gasteiger partial charge < -0.3 is 9.88 Å². The van der Waals surface area contributed by atoms with Gasteiger partial charge in [0.25, 0.3) is 5.91 Å². The van der Waals surface area contributed by atoms with Gasteiger partial charge in [0.2, 0.25) is 0 Å². The molecule has 0 saturated carbocycles. The van der Waals surface area contributed by atoms with E-state index in [1.807, 2.05) is 54.7 Å². The van der Waals surface area contributed by atoms with E-state index in [0.717, 1.165) is 40.3 Å². The van der Waals surface area contributed by atoms with E-state index in [9.17, 15) is 4.79 Å². The minimum atomic E-state index is -0.0358. The largest absolute Gasteiger partial charge is 0.352 e. The summed E-state index contributed by atoms with van der Waals surface area (Å²) in [5.41, 5.74) is 7.57. The third kappa shape index (κ3) is 6.46. The zero-order valence-electron chi connectivity index (χ0n) is 20.9. The number of pyridine rings is 1. The maximum Gasteiger partial charge on any atom is 0.251 e. The molecule has 0 radical (unpaired) electrons. The number of fused-ring (bicyclic) bond motifs is 1. The Bertz CT molecular complexity index is 1480. The van der Waals surface area contributed by atoms with Gasteiger partial charge in [-0.2, -0.15) is 0 Å². The highest BCUT2D eigenvalue weighted by Gasteiger charge is 2.13. The van der Waals surface area contributed by atoms with E-state index in [1.165, 1.54) is 16.7 Å². The number of rotatable bonds is 10. The number of thioether (sulfide) groups is 1. The molecule has 0 spiro atoms. The summed E-state index contributed by atoms with van der Waals surface area (Å²) in [6.45, 7) is 3.44. The molecule has 5 aromatic rings. The first-order valence-electron chi connectivity index (χ1n) is 12.6. The molecule has 6 heteroatoms. The van der Waals surface area contributed by atoms with E-state index in [4.69, 9.17) is 4.98 Å². The van der Waals surface area contributed by atoms with E-state index >= 15 is 0 Å². The Morgan fingerprint density at radius 3 is 2.54 bits per heavy atom. The number of amides is 1. The molecule has 1 amide bonds. The molecule has 0 aliphatic rings. The normalized spacial score (nSPS) is 11.1. The number of imidazole rings is 1. The molecule has 37 heavy (non-hydrogen) atoms. The first kappa shape index (κ1) is 24.8. The SMILES string of the molecule is Cc1cccc(CSc2nc3ccncc3n2Cc2ccc(C(=O)NCCCc3ccccc3)cc2)c1. The third-order valence-corrected chi connectivity index (χ3v) is 7.34. The van der Waals surface area contributed by atoms with E-state index in [2.05, 4.69) is 58.2 Å². The van der Waals surface area contributed by atoms with Crippen molar-refractivity contribution in [2.75, 3.05) is 6.54 Å². The van der Waals surface area contributed by atoms with Crippen LogP contribution < -0.4 is 5.32 Å². The van der Waals surface area contributed by atoms with E-state index in [-0.39, 0.29) is 5.91 Å². The summed E-state index contributed by atoms with van der Waals surface area (Å²) >= 11 is 1.73. The summed E-state index contributed by atoms with van der Waals surface area (Å²) in [7, 11) is 0. The lowest BCUT2D eigenvalue weighted by molar-refractivity contribution is 0.0953. The number of hydrogen-bond donors (Lipinski definition) is 1. The summed E-state index contributed by atoms with van der Waals surface area (Å²) in [5, 5.41) is 4.00. The molecule has 186 valence electrons. The molecule has 3 aromatic carbocycles. The molecule has 1 N–H and O–H groups in total. The molecule has 5 nitrogen and oxygen atoms in total. The average Bonchev–Trinajstić information content (AvgIpc) is 3.28. The molecule has 0 bridgehead atoms. The molecule has 0 aliphatic heterocycles. The van der Waals surface area contributed by atoms with Crippen molar-refractivity contribution in [2.45, 2.75) is 37.2 Å². The second kappa shape index (κ2) is 11.9. The van der Waals surface area contributed by atoms with Crippen LogP contribution in [-0.2, 0) is 18.7 Å². The minimum Gasteiger partial charge on any atom is -0.352 e. The number of aryl methyl sites for hydroxylation is 2. The van der Waals surface area contributed by atoms with Crippen molar-refractivity contribution >= 4 is 28.7 Å². The second-order valence-corrected chi connectivity index (χ2v) is 10.1. The molecule has 0 saturated heterocycles. The maximum absolute atomic E-state index is 12.6. The van der Waals surface area contributed by atoms with Crippen molar-refractivity contribution in [3.05, 3.63) is 125 Å². The average molecular weight is 507 g/mol. The van der Waals surface area contributed by atoms with Crippen molar-refractivity contribution in [1.82, 2.24) is 19.9 Å². The fraction of sp³-hybridized carbons (Fsp3) is 0.194. The molecule has 0 unspecified atom stereocenters. The van der Waals surface area contributed by atoms with Gasteiger partial charge in [-0.3, -0.25) is 9.78 Å². The molecular formula is C31H30N4OS. The first-order valence-corrected chi connectivity index (χ1v) is 13.5. The van der Waals surface area contributed by atoms with Gasteiger partial charge >= 0.3 is 0 Å². The van der Waals surface area contributed by atoms with Crippen LogP contribution in [-0.4, -0.2) is 27.0 Å². The summed E-state index contributed by atoms with van der Waals surface area (Å²) in [4.78, 5) is 21.8. The van der Waals surface area contributed by atoms with Gasteiger partial charge in [0.05, 0.1) is 23.8 Å². The standard InChI is InChI=1S/C31H30N4OS/c1-23-7-5-10-26(19-23)22-37-31-34-28-16-18-32-20-29(28)35(31)21-25-12-14-27(15-13-25)30(36)33-17-6-11-24-8-3-2-4-9-24/h2-5,7-10,12-16,18-20H,6,11,17,21-22H2,1H3,(H,33,36). The Hall–Kier alpha value is -3.90. The van der Waals surface area contributed by atoms with Crippen molar-refractivity contribution in [3.63, 3.8) is 0 Å². The van der Waals surface area contributed by atoms with Gasteiger partial charge in [-0.15, -0.1) is 0 Å². The van der Waals surface area contributed by atoms with Crippen molar-refractivity contribution in [1.29, 1.82) is 0 Å². The van der Waals surface area contributed by atoms with E-state index < -0.39 is 0 Å². The maximum atomic E-state index is 12.6. The Morgan fingerprint density at radius 1 is 0.919 bits per heavy atom. The van der Waals surface area contributed by atoms with Crippen LogP contribution in [0.1, 0.15) is 39.0 Å². The monoisotopic (exact) mass is 506 g/mol. The van der Waals surface area contributed by atoms with Gasteiger partial charge in [0.15, 0.2) is 5.16 Å². The smallest absolute Gasteiger partial charge is 0.251 e. The van der Waals surface area contributed by atoms with Crippen LogP contribution in [0.4, 0.5) is 0 Å². The van der Waals surface area contributed by atoms with E-state index in [1.54, 1.807) is 18.0 Å². The number of carbonyl (C=O) groups is 1. The lowest BCUT2D eigenvalue weighted by Gasteiger charge is -2.10. The Morgan fingerprint density at radius 2 is 1.73 bits per heavy atom. The molecule has 2 heterocycles. The molecule has 2 aromatic heterocycles. The summed E-state index contributed by atoms with van der Waals surface area (Å²) in [6.07, 6.45) is 5.52. The van der Waals surface area contributed by atoms with Gasteiger partial charge in [-0.05, 0) is 54.7 Å². The van der Waals surface area contributed by atoms with Crippen molar-refractivity contribution in [3.8, 4) is 0 Å². The number of aromatic nitrogens is 3. The number of carbonyl (C=O) groups excluding carboxylic acids is 1. The number of nitrogens with one attached hydrogen (secondary N) is 1. The molecule has 5 rings (SSSR count). The number of hydrogen-bond acceptors (Lipinski definition) is 4. The van der Waals surface area contributed by atoms with Crippen LogP contribution in [0.25, 0.3) is 11.0 Å². The zero-order chi connectivity index (χ0) is 25.5. The fourth-order valence-electron chi connectivity index (χ4n) is 4.35. The highest BCUT2D eigenvalue weighted by atomic mass is 32.2. The fourth-order valence-corrected chi connectivity index (χ4v) is 5.30. The van der Waals surface area contributed by atoms with Crippen LogP contribution in [0.2, 0.25) is 0 Å². The number of benzene rings is 3. The van der Waals surface area contributed by atoms with Crippen molar-refractivity contribution in [2.24, 2.45) is 0 Å². The Labute approximate surface area is 222 Å². The van der Waals surface area contributed by atoms with Gasteiger partial charge in [-0.25, -0.2) is 4.98 Å². The summed E-state index contributed by atoms with van der Waals surface area (Å²) < 4.78 is 2.21. The predicted molar refractivity (Wildman–Crippen MR) is 151 cm³/mol. The summed E-state index contributed by atoms with van der Waals surface area (Å²) in [5.74, 6) is 0.813. The quantitative estimate of drug-likeness (QED) is 0.175. The van der Waals surface area contributed by atoms with Crippen LogP contribution in [0, 0.1) is 6.92 Å². The van der Waals surface area contributed by atoms with Crippen molar-refractivity contribution < 1.29 is 4.79 Å². The zero-order valence-corrected chi connectivity index (χ0v) is 21.7. The molecule has 0 aliphatic carbocycles. The number of nitrogens with zero attached hydrogens (tertiary/aromatic N) is 3. The highest BCUT2D eigenvalue weighted by Crippen LogP contribution is 2.27. The van der Waals surface area contributed by atoms with Crippen LogP contribution >= 0.6 is 11.8 Å². The van der Waals surface area contributed by atoms with Gasteiger partial charge in [0, 0.05) is 24.1 Å². The van der Waals surface area contributed by atoms with E-state index in [0.29, 0.717) is 18.7 Å². The van der Waals surface area contributed by atoms with Gasteiger partial charge in [0.1, 0.15) is 0 Å². The lowest BCUT2D eigenvalue weighted by Crippen LogP contribution is -2.24. The highest BCUT2D eigenvalue weighted by molar-refractivity contribution is 7.98. The molecular weight excluding hydrogens is 476 g/mol. The third-order valence-electron chi connectivity index (χ3n) is 6.29. The second-order valence-electron chi connectivity index (χ2n) is 9.16. The van der Waals surface area contributed by atoms with Crippen LogP contribution in [0.15, 0.2) is 102 Å². The Kier molecular flexibility index (Phi) is 7.96. The lowest BCUT2D eigenvalue weighted by atomic mass is 10.1. The van der Waals surface area contributed by atoms with Crippen LogP contribution in [0.3, 0.4) is 0 Å². The first-order chi connectivity index (χ1) is 18.2. The minimum absolute atomic E-state index is 0.0358. The van der Waals surface area contributed by atoms with Gasteiger partial charge in [-0.1, -0.05) is 84.1 Å². The molecule has 0 fully saturated rings.